The first kappa shape index (κ1) is 10.5. The van der Waals surface area contributed by atoms with Crippen LogP contribution in [0.15, 0.2) is 0 Å². The Kier molecular flexibility index (Phi) is 3.28. The average Bonchev–Trinajstić information content (AvgIpc) is 1.79. The van der Waals surface area contributed by atoms with Crippen LogP contribution in [0.5, 0.6) is 0 Å². The number of rotatable bonds is 3. The number of carbonyl (C=O) groups excluding carboxylic acids is 2. The molecule has 0 heterocycles. The largest absolute Gasteiger partial charge is 0.414 e. The molecule has 5 nitrogen and oxygen atoms in total. The van der Waals surface area contributed by atoms with Crippen molar-refractivity contribution in [2.45, 2.75) is 5.60 Å². The van der Waals surface area contributed by atoms with Gasteiger partial charge < -0.3 is 15.8 Å². The molecular weight excluding hydrogens is 160 g/mol. The molecular formula is C7H11N2O3+2. The Bertz CT molecular complexity index is 184. The maximum atomic E-state index is 10.7. The second kappa shape index (κ2) is 3.75. The Hall–Kier alpha value is -1.52. The van der Waals surface area contributed by atoms with Gasteiger partial charge in [-0.25, -0.2) is 4.79 Å². The fourth-order valence-corrected chi connectivity index (χ4v) is 0.392. The molecule has 0 saturated carbocycles. The molecule has 0 aromatic rings. The second-order valence-corrected chi connectivity index (χ2v) is 2.39. The van der Waals surface area contributed by atoms with Gasteiger partial charge in [-0.1, -0.05) is 0 Å². The van der Waals surface area contributed by atoms with E-state index in [1.54, 1.807) is 0 Å². The summed E-state index contributed by atoms with van der Waals surface area (Å²) in [7, 11) is 0. The topological polar surface area (TPSA) is 81.4 Å². The van der Waals surface area contributed by atoms with Gasteiger partial charge in [0.15, 0.2) is 13.8 Å². The Morgan fingerprint density at radius 1 is 1.58 bits per heavy atom. The lowest BCUT2D eigenvalue weighted by Gasteiger charge is -2.07. The lowest BCUT2D eigenvalue weighted by molar-refractivity contribution is -0.117. The number of alkyl carbamates (subject to hydrolysis) is 1. The summed E-state index contributed by atoms with van der Waals surface area (Å²) in [5.41, 5.74) is 3.44. The highest BCUT2D eigenvalue weighted by Crippen LogP contribution is 2.03. The number of nitrogens with one attached hydrogen (secondary N) is 1. The molecule has 0 aliphatic heterocycles. The van der Waals surface area contributed by atoms with E-state index in [1.807, 2.05) is 0 Å². The molecule has 0 aliphatic carbocycles. The molecule has 0 unspecified atom stereocenters. The second-order valence-electron chi connectivity index (χ2n) is 2.39. The van der Waals surface area contributed by atoms with Crippen molar-refractivity contribution in [1.29, 1.82) is 0 Å². The minimum atomic E-state index is -1.30. The minimum absolute atomic E-state index is 0.283. The smallest absolute Gasteiger partial charge is 0.368 e. The number of nitrogens with two attached hydrogens (primary N) is 1. The van der Waals surface area contributed by atoms with Crippen LogP contribution < -0.4 is 11.1 Å². The molecule has 5 heteroatoms. The van der Waals surface area contributed by atoms with Gasteiger partial charge in [-0.05, 0) is 0 Å². The summed E-state index contributed by atoms with van der Waals surface area (Å²) in [6.45, 7) is 9.67. The van der Waals surface area contributed by atoms with E-state index >= 15 is 0 Å². The van der Waals surface area contributed by atoms with Gasteiger partial charge in [-0.15, -0.1) is 0 Å². The quantitative estimate of drug-likeness (QED) is 0.558. The van der Waals surface area contributed by atoms with E-state index in [2.05, 4.69) is 30.8 Å². The van der Waals surface area contributed by atoms with Crippen LogP contribution in [-0.2, 0) is 9.53 Å². The van der Waals surface area contributed by atoms with Crippen molar-refractivity contribution in [2.24, 2.45) is 5.73 Å². The third-order valence-corrected chi connectivity index (χ3v) is 0.716. The van der Waals surface area contributed by atoms with Gasteiger partial charge in [0.1, 0.15) is 0 Å². The van der Waals surface area contributed by atoms with E-state index in [1.165, 1.54) is 0 Å². The van der Waals surface area contributed by atoms with Gasteiger partial charge in [-0.2, -0.15) is 0 Å². The summed E-state index contributed by atoms with van der Waals surface area (Å²) in [5.74, 6) is -0.658. The first-order valence-corrected chi connectivity index (χ1v) is 3.12. The van der Waals surface area contributed by atoms with Crippen LogP contribution in [0, 0.1) is 20.8 Å². The monoisotopic (exact) mass is 171 g/mol. The summed E-state index contributed by atoms with van der Waals surface area (Å²) < 4.78 is 4.50. The van der Waals surface area contributed by atoms with Crippen molar-refractivity contribution in [3.8, 4) is 0 Å². The predicted molar refractivity (Wildman–Crippen MR) is 42.5 cm³/mol. The van der Waals surface area contributed by atoms with Gasteiger partial charge in [-0.3, -0.25) is 4.79 Å². The molecule has 0 aromatic heterocycles. The van der Waals surface area contributed by atoms with E-state index in [0.29, 0.717) is 0 Å². The Morgan fingerprint density at radius 2 is 2.08 bits per heavy atom. The van der Waals surface area contributed by atoms with Crippen LogP contribution in [0.3, 0.4) is 0 Å². The first-order valence-electron chi connectivity index (χ1n) is 3.12. The van der Waals surface area contributed by atoms with Gasteiger partial charge in [0.25, 0.3) is 0 Å². The highest BCUT2D eigenvalue weighted by atomic mass is 16.6. The number of primary amides is 1. The zero-order valence-corrected chi connectivity index (χ0v) is 6.63. The van der Waals surface area contributed by atoms with Crippen molar-refractivity contribution < 1.29 is 14.3 Å². The normalized spacial score (nSPS) is 10.4. The van der Waals surface area contributed by atoms with Crippen molar-refractivity contribution in [1.82, 2.24) is 5.32 Å². The Labute approximate surface area is 71.3 Å². The molecule has 1 radical (unpaired) electrons. The third-order valence-electron chi connectivity index (χ3n) is 0.716. The van der Waals surface area contributed by atoms with Gasteiger partial charge in [0, 0.05) is 0 Å². The van der Waals surface area contributed by atoms with E-state index in [4.69, 9.17) is 5.73 Å². The summed E-state index contributed by atoms with van der Waals surface area (Å²) in [6.07, 6.45) is -0.825. The minimum Gasteiger partial charge on any atom is -0.368 e. The molecule has 0 aliphatic rings. The maximum absolute atomic E-state index is 10.7. The molecule has 0 fully saturated rings. The lowest BCUT2D eigenvalue weighted by Crippen LogP contribution is -2.37. The molecule has 2 amide bonds. The van der Waals surface area contributed by atoms with Crippen LogP contribution >= 0.6 is 0 Å². The average molecular weight is 171 g/mol. The highest BCUT2D eigenvalue weighted by Gasteiger charge is 2.31. The fourth-order valence-electron chi connectivity index (χ4n) is 0.392. The molecule has 12 heavy (non-hydrogen) atoms. The van der Waals surface area contributed by atoms with Gasteiger partial charge in [0.05, 0.1) is 13.5 Å². The SMILES string of the molecule is [CH2]C([CH2+])([CH2+])OC(=O)NCC(N)=O. The molecule has 0 rings (SSSR count). The Balaban J connectivity index is 3.68. The van der Waals surface area contributed by atoms with Crippen LogP contribution in [0.2, 0.25) is 0 Å². The lowest BCUT2D eigenvalue weighted by atomic mass is 10.2. The van der Waals surface area contributed by atoms with Gasteiger partial charge in [0.2, 0.25) is 5.91 Å². The molecule has 0 spiro atoms. The summed E-state index contributed by atoms with van der Waals surface area (Å²) >= 11 is 0. The van der Waals surface area contributed by atoms with E-state index in [9.17, 15) is 9.59 Å². The fraction of sp³-hybridized carbons (Fsp3) is 0.286. The van der Waals surface area contributed by atoms with Crippen LogP contribution in [-0.4, -0.2) is 24.1 Å². The Morgan fingerprint density at radius 3 is 2.42 bits per heavy atom. The van der Waals surface area contributed by atoms with E-state index in [0.717, 1.165) is 0 Å². The number of amides is 2. The van der Waals surface area contributed by atoms with Crippen LogP contribution in [0.1, 0.15) is 0 Å². The summed E-state index contributed by atoms with van der Waals surface area (Å²) in [5, 5.41) is 2.08. The van der Waals surface area contributed by atoms with E-state index in [-0.39, 0.29) is 6.54 Å². The molecule has 3 N–H and O–H groups in total. The summed E-state index contributed by atoms with van der Waals surface area (Å²) in [6, 6.07) is 0. The third kappa shape index (κ3) is 6.60. The predicted octanol–water partition coefficient (Wildman–Crippen LogP) is -0.561. The molecule has 0 bridgehead atoms. The maximum Gasteiger partial charge on any atom is 0.414 e. The molecule has 0 aromatic carbocycles. The van der Waals surface area contributed by atoms with Crippen LogP contribution in [0.25, 0.3) is 0 Å². The first-order chi connectivity index (χ1) is 5.31. The standard InChI is InChI=1S/C7H9N2O3/c1-7(2,3)12-6(11)9-4-5(8)10/h1-4H2,(H-2,8,9,10,11)/p+2. The van der Waals surface area contributed by atoms with E-state index < -0.39 is 17.6 Å². The van der Waals surface area contributed by atoms with Crippen molar-refractivity contribution in [3.05, 3.63) is 20.8 Å². The van der Waals surface area contributed by atoms with Crippen LogP contribution in [0.4, 0.5) is 4.79 Å². The van der Waals surface area contributed by atoms with Crippen molar-refractivity contribution in [2.75, 3.05) is 6.54 Å². The number of ether oxygens (including phenoxy) is 1. The van der Waals surface area contributed by atoms with Crippen molar-refractivity contribution in [3.63, 3.8) is 0 Å². The zero-order valence-electron chi connectivity index (χ0n) is 6.63. The zero-order chi connectivity index (χ0) is 9.78. The molecule has 0 saturated heterocycles. The highest BCUT2D eigenvalue weighted by molar-refractivity contribution is 5.80. The summed E-state index contributed by atoms with van der Waals surface area (Å²) in [4.78, 5) is 20.9. The number of carbonyl (C=O) groups is 2. The number of hydrogen-bond acceptors (Lipinski definition) is 3. The molecule has 0 atom stereocenters. The van der Waals surface area contributed by atoms with Gasteiger partial charge >= 0.3 is 11.7 Å². The molecule has 65 valence electrons. The number of hydrogen-bond donors (Lipinski definition) is 2. The van der Waals surface area contributed by atoms with Crippen molar-refractivity contribution >= 4 is 12.0 Å².